The van der Waals surface area contributed by atoms with Crippen molar-refractivity contribution in [3.63, 3.8) is 0 Å². The van der Waals surface area contributed by atoms with Crippen LogP contribution in [0, 0.1) is 12.3 Å². The number of ketones is 1. The minimum Gasteiger partial charge on any atom is -0.479 e. The number of carbonyl (C=O) groups is 2. The molecule has 3 heterocycles. The van der Waals surface area contributed by atoms with Crippen LogP contribution in [0.2, 0.25) is 0 Å². The van der Waals surface area contributed by atoms with Crippen LogP contribution in [0.15, 0.2) is 24.4 Å². The fourth-order valence-electron chi connectivity index (χ4n) is 5.00. The van der Waals surface area contributed by atoms with Gasteiger partial charge in [-0.05, 0) is 82.4 Å². The third-order valence-electron chi connectivity index (χ3n) is 6.76. The van der Waals surface area contributed by atoms with Crippen LogP contribution in [0.3, 0.4) is 0 Å². The number of rotatable bonds is 6. The number of nitrogens with one attached hydrogen (secondary N) is 1. The summed E-state index contributed by atoms with van der Waals surface area (Å²) in [5, 5.41) is 9.88. The molecule has 1 aliphatic heterocycles. The number of carbonyl (C=O) groups excluding carboxylic acids is 1. The topological polar surface area (TPSA) is 105 Å². The second-order valence-corrected chi connectivity index (χ2v) is 11.4. The smallest absolute Gasteiger partial charge is 0.335 e. The Morgan fingerprint density at radius 3 is 2.66 bits per heavy atom. The Morgan fingerprint density at radius 2 is 2.00 bits per heavy atom. The van der Waals surface area contributed by atoms with Gasteiger partial charge in [0, 0.05) is 32.7 Å². The van der Waals surface area contributed by atoms with E-state index in [1.165, 1.54) is 0 Å². The number of H-pyrrole nitrogens is 1. The second kappa shape index (κ2) is 9.01. The maximum absolute atomic E-state index is 13.1. The molecule has 188 valence electrons. The maximum atomic E-state index is 13.1. The molecule has 2 N–H and O–H groups in total. The highest BCUT2D eigenvalue weighted by atomic mass is 16.5. The number of hydrogen-bond donors (Lipinski definition) is 2. The van der Waals surface area contributed by atoms with E-state index in [1.54, 1.807) is 19.2 Å². The molecule has 2 aromatic rings. The molecule has 2 aliphatic rings. The summed E-state index contributed by atoms with van der Waals surface area (Å²) in [6, 6.07) is 3.84. The highest BCUT2D eigenvalue weighted by Crippen LogP contribution is 2.44. The van der Waals surface area contributed by atoms with Crippen molar-refractivity contribution in [2.75, 3.05) is 0 Å². The predicted molar refractivity (Wildman–Crippen MR) is 134 cm³/mol. The van der Waals surface area contributed by atoms with Crippen molar-refractivity contribution in [2.45, 2.75) is 97.1 Å². The Bertz CT molecular complexity index is 1300. The molecule has 1 aliphatic carbocycles. The van der Waals surface area contributed by atoms with Crippen LogP contribution < -0.4 is 0 Å². The molecular formula is C28H37N3O4. The lowest BCUT2D eigenvalue weighted by atomic mass is 9.76. The zero-order chi connectivity index (χ0) is 28.2. The lowest BCUT2D eigenvalue weighted by molar-refractivity contribution is -0.200. The average Bonchev–Trinajstić information content (AvgIpc) is 3.23. The summed E-state index contributed by atoms with van der Waals surface area (Å²) in [7, 11) is 0. The molecule has 4 atom stereocenters. The van der Waals surface area contributed by atoms with Gasteiger partial charge in [0.25, 0.3) is 0 Å². The third kappa shape index (κ3) is 5.56. The molecule has 4 unspecified atom stereocenters. The number of Topliss-reactive ketones (excluding diaryl/α,β-unsaturated/α-hetero) is 1. The molecule has 1 fully saturated rings. The van der Waals surface area contributed by atoms with Gasteiger partial charge >= 0.3 is 5.97 Å². The normalized spacial score (nSPS) is 31.4. The average molecular weight is 483 g/mol. The molecule has 0 aromatic carbocycles. The Kier molecular flexibility index (Phi) is 5.53. The summed E-state index contributed by atoms with van der Waals surface area (Å²) < 4.78 is 32.4. The molecular weight excluding hydrogens is 442 g/mol. The van der Waals surface area contributed by atoms with Crippen LogP contribution in [-0.2, 0) is 16.0 Å². The van der Waals surface area contributed by atoms with E-state index in [2.05, 4.69) is 9.97 Å². The number of aromatic nitrogens is 3. The first-order valence-corrected chi connectivity index (χ1v) is 12.1. The van der Waals surface area contributed by atoms with Gasteiger partial charge in [0.1, 0.15) is 0 Å². The molecule has 0 amide bonds. The molecule has 4 rings (SSSR count). The van der Waals surface area contributed by atoms with Crippen molar-refractivity contribution in [1.29, 1.82) is 0 Å². The summed E-state index contributed by atoms with van der Waals surface area (Å²) in [6.07, 6.45) is 0.848. The van der Waals surface area contributed by atoms with Gasteiger partial charge in [0.2, 0.25) is 5.78 Å². The number of aromatic amines is 1. The van der Waals surface area contributed by atoms with Crippen molar-refractivity contribution in [1.82, 2.24) is 15.0 Å². The maximum Gasteiger partial charge on any atom is 0.335 e. The van der Waals surface area contributed by atoms with Crippen LogP contribution in [0.4, 0.5) is 0 Å². The predicted octanol–water partition coefficient (Wildman–Crippen LogP) is 5.65. The number of carboxylic acids is 1. The minimum absolute atomic E-state index is 0.0305. The Hall–Kier alpha value is -2.80. The fourth-order valence-corrected chi connectivity index (χ4v) is 5.00. The molecule has 0 saturated carbocycles. The zero-order valence-corrected chi connectivity index (χ0v) is 21.4. The zero-order valence-electron chi connectivity index (χ0n) is 24.4. The summed E-state index contributed by atoms with van der Waals surface area (Å²) in [5.41, 5.74) is 0.0496. The van der Waals surface area contributed by atoms with E-state index in [1.807, 2.05) is 40.7 Å². The van der Waals surface area contributed by atoms with E-state index in [4.69, 9.17) is 13.8 Å². The summed E-state index contributed by atoms with van der Waals surface area (Å²) in [5.74, 6) is -1.30. The Balaban J connectivity index is 1.82. The standard InChI is InChI=1S/C28H37N3O4/c1-17-16-29-24(30-17)22(32)13-19-7-8-21(31-23(19)18-9-11-26(2,3)12-10-18)20-14-27(4,5)35-28(6,15-20)25(33)34/h7-9,16,20H,10-15H2,1-6H3,(H,29,30)(H,33,34)/i9D,10D,12D. The van der Waals surface area contributed by atoms with E-state index in [0.717, 1.165) is 5.69 Å². The Morgan fingerprint density at radius 1 is 1.26 bits per heavy atom. The van der Waals surface area contributed by atoms with E-state index in [9.17, 15) is 14.7 Å². The number of ether oxygens (including phenoxy) is 1. The Labute approximate surface area is 211 Å². The first-order chi connectivity index (χ1) is 17.5. The number of imidazole rings is 1. The van der Waals surface area contributed by atoms with Gasteiger partial charge in [-0.3, -0.25) is 9.78 Å². The van der Waals surface area contributed by atoms with Gasteiger partial charge in [0.15, 0.2) is 11.4 Å². The lowest BCUT2D eigenvalue weighted by Gasteiger charge is -2.44. The second-order valence-electron chi connectivity index (χ2n) is 11.4. The minimum atomic E-state index is -1.39. The third-order valence-corrected chi connectivity index (χ3v) is 6.76. The molecule has 0 radical (unpaired) electrons. The van der Waals surface area contributed by atoms with Crippen LogP contribution >= 0.6 is 0 Å². The molecule has 2 aromatic heterocycles. The molecule has 0 spiro atoms. The van der Waals surface area contributed by atoms with Crippen LogP contribution in [0.5, 0.6) is 0 Å². The van der Waals surface area contributed by atoms with E-state index in [-0.39, 0.29) is 36.4 Å². The number of carboxylic acid groups (broad SMARTS) is 1. The number of nitrogens with zero attached hydrogens (tertiary/aromatic N) is 2. The van der Waals surface area contributed by atoms with Crippen LogP contribution in [0.1, 0.15) is 110 Å². The fraction of sp³-hybridized carbons (Fsp3) is 0.571. The number of allylic oxidation sites excluding steroid dienone is 2. The van der Waals surface area contributed by atoms with Gasteiger partial charge in [-0.1, -0.05) is 26.0 Å². The number of pyridine rings is 1. The van der Waals surface area contributed by atoms with E-state index >= 15 is 0 Å². The highest BCUT2D eigenvalue weighted by Gasteiger charge is 2.48. The first kappa shape index (κ1) is 21.5. The van der Waals surface area contributed by atoms with Crippen molar-refractivity contribution in [2.24, 2.45) is 5.41 Å². The molecule has 0 bridgehead atoms. The van der Waals surface area contributed by atoms with Crippen LogP contribution in [0.25, 0.3) is 5.57 Å². The van der Waals surface area contributed by atoms with Crippen LogP contribution in [-0.4, -0.2) is 43.0 Å². The van der Waals surface area contributed by atoms with Gasteiger partial charge in [0.05, 0.1) is 12.7 Å². The molecule has 7 heteroatoms. The lowest BCUT2D eigenvalue weighted by Crippen LogP contribution is -2.51. The number of aliphatic carboxylic acids is 1. The first-order valence-electron chi connectivity index (χ1n) is 13.7. The SMILES string of the molecule is [2H]C1=C(c2nc(C3CC(C)(C)OC(C)(C(=O)O)C3)ccc2CC(=O)c2ncc(C)[nH]2)C([2H])C([2H])C(C)(C)C1. The highest BCUT2D eigenvalue weighted by molar-refractivity contribution is 5.94. The molecule has 7 nitrogen and oxygen atoms in total. The van der Waals surface area contributed by atoms with Crippen molar-refractivity contribution in [3.05, 3.63) is 52.9 Å². The summed E-state index contributed by atoms with van der Waals surface area (Å²) in [4.78, 5) is 37.2. The van der Waals surface area contributed by atoms with Crippen molar-refractivity contribution in [3.8, 4) is 0 Å². The van der Waals surface area contributed by atoms with E-state index < -0.39 is 35.4 Å². The summed E-state index contributed by atoms with van der Waals surface area (Å²) >= 11 is 0. The van der Waals surface area contributed by atoms with E-state index in [0.29, 0.717) is 35.4 Å². The molecule has 1 saturated heterocycles. The van der Waals surface area contributed by atoms with Crippen molar-refractivity contribution < 1.29 is 23.5 Å². The number of aryl methyl sites for hydroxylation is 1. The number of hydrogen-bond acceptors (Lipinski definition) is 5. The monoisotopic (exact) mass is 482 g/mol. The van der Waals surface area contributed by atoms with Gasteiger partial charge in [-0.15, -0.1) is 0 Å². The van der Waals surface area contributed by atoms with Crippen molar-refractivity contribution >= 4 is 17.3 Å². The quantitative estimate of drug-likeness (QED) is 0.516. The largest absolute Gasteiger partial charge is 0.479 e. The molecule has 35 heavy (non-hydrogen) atoms. The van der Waals surface area contributed by atoms with Gasteiger partial charge in [-0.2, -0.15) is 0 Å². The summed E-state index contributed by atoms with van der Waals surface area (Å²) in [6.45, 7) is 10.9. The van der Waals surface area contributed by atoms with Gasteiger partial charge in [-0.25, -0.2) is 9.78 Å². The van der Waals surface area contributed by atoms with Gasteiger partial charge < -0.3 is 14.8 Å².